The lowest BCUT2D eigenvalue weighted by atomic mass is 9.83. The van der Waals surface area contributed by atoms with Crippen LogP contribution >= 0.6 is 0 Å². The van der Waals surface area contributed by atoms with Crippen molar-refractivity contribution in [3.05, 3.63) is 11.8 Å². The number of methoxy groups -OCH3 is 1. The van der Waals surface area contributed by atoms with E-state index in [0.29, 0.717) is 31.4 Å². The van der Waals surface area contributed by atoms with Crippen molar-refractivity contribution >= 4 is 18.0 Å². The van der Waals surface area contributed by atoms with Gasteiger partial charge in [0, 0.05) is 30.8 Å². The van der Waals surface area contributed by atoms with Gasteiger partial charge in [-0.15, -0.1) is 0 Å². The first-order chi connectivity index (χ1) is 15.4. The van der Waals surface area contributed by atoms with Crippen molar-refractivity contribution in [2.75, 3.05) is 20.3 Å². The second-order valence-electron chi connectivity index (χ2n) is 8.86. The van der Waals surface area contributed by atoms with Crippen molar-refractivity contribution in [1.82, 2.24) is 4.90 Å². The minimum Gasteiger partial charge on any atom is -0.472 e. The summed E-state index contributed by atoms with van der Waals surface area (Å²) in [5.41, 5.74) is 0.343. The minimum absolute atomic E-state index is 0.0260. The van der Waals surface area contributed by atoms with Crippen LogP contribution in [0.3, 0.4) is 0 Å². The van der Waals surface area contributed by atoms with Crippen LogP contribution in [-0.2, 0) is 28.5 Å². The predicted molar refractivity (Wildman–Crippen MR) is 113 cm³/mol. The number of fused-ring (bicyclic) bond motifs is 1. The molecule has 9 nitrogen and oxygen atoms in total. The number of rotatable bonds is 7. The average molecular weight is 454 g/mol. The molecule has 2 fully saturated rings. The fourth-order valence-electron chi connectivity index (χ4n) is 4.96. The molecule has 1 saturated carbocycles. The molecule has 0 radical (unpaired) electrons. The first kappa shape index (κ1) is 24.4. The SMILES string of the molecule is CCC(C)OC(=O)N1CCCCC1CCOC(=O)C1CCC2C(C(=O)OC)=COC(O)C12. The predicted octanol–water partition coefficient (Wildman–Crippen LogP) is 2.76. The van der Waals surface area contributed by atoms with Crippen molar-refractivity contribution in [1.29, 1.82) is 0 Å². The zero-order chi connectivity index (χ0) is 23.3. The Kier molecular flexibility index (Phi) is 8.39. The molecule has 0 aromatic rings. The number of carbonyl (C=O) groups is 3. The number of aliphatic hydroxyl groups excluding tert-OH is 1. The van der Waals surface area contributed by atoms with Gasteiger partial charge in [0.1, 0.15) is 6.10 Å². The lowest BCUT2D eigenvalue weighted by Crippen LogP contribution is -2.45. The molecule has 0 spiro atoms. The standard InChI is InChI=1S/C23H35NO8/c1-4-14(2)32-23(28)24-11-6-5-7-15(24)10-12-30-21(26)17-9-8-16-18(20(25)29-3)13-31-22(27)19(16)17/h13-17,19,22,27H,4-12H2,1-3H3. The first-order valence-electron chi connectivity index (χ1n) is 11.6. The monoisotopic (exact) mass is 453 g/mol. The molecule has 1 amide bonds. The molecule has 0 bridgehead atoms. The van der Waals surface area contributed by atoms with Gasteiger partial charge in [-0.1, -0.05) is 6.92 Å². The van der Waals surface area contributed by atoms with Crippen LogP contribution in [0.5, 0.6) is 0 Å². The topological polar surface area (TPSA) is 112 Å². The van der Waals surface area contributed by atoms with E-state index < -0.39 is 30.1 Å². The Labute approximate surface area is 189 Å². The number of ether oxygens (including phenoxy) is 4. The largest absolute Gasteiger partial charge is 0.472 e. The highest BCUT2D eigenvalue weighted by molar-refractivity contribution is 5.89. The molecular formula is C23H35NO8. The molecule has 1 N–H and O–H groups in total. The van der Waals surface area contributed by atoms with E-state index in [1.807, 2.05) is 13.8 Å². The molecule has 32 heavy (non-hydrogen) atoms. The van der Waals surface area contributed by atoms with E-state index in [2.05, 4.69) is 0 Å². The molecule has 6 atom stereocenters. The maximum atomic E-state index is 12.8. The summed E-state index contributed by atoms with van der Waals surface area (Å²) in [5, 5.41) is 10.3. The maximum absolute atomic E-state index is 12.8. The number of piperidine rings is 1. The summed E-state index contributed by atoms with van der Waals surface area (Å²) in [5.74, 6) is -2.31. The Morgan fingerprint density at radius 2 is 2.03 bits per heavy atom. The minimum atomic E-state index is -1.17. The number of likely N-dealkylation sites (tertiary alicyclic amines) is 1. The average Bonchev–Trinajstić information content (AvgIpc) is 3.25. The molecule has 0 aromatic heterocycles. The van der Waals surface area contributed by atoms with Gasteiger partial charge in [-0.05, 0) is 45.4 Å². The van der Waals surface area contributed by atoms with Gasteiger partial charge in [0.05, 0.1) is 31.5 Å². The quantitative estimate of drug-likeness (QED) is 0.463. The van der Waals surface area contributed by atoms with E-state index in [9.17, 15) is 19.5 Å². The highest BCUT2D eigenvalue weighted by Gasteiger charge is 2.50. The zero-order valence-corrected chi connectivity index (χ0v) is 19.2. The number of nitrogens with zero attached hydrogens (tertiary/aromatic N) is 1. The third-order valence-corrected chi connectivity index (χ3v) is 6.94. The van der Waals surface area contributed by atoms with Crippen molar-refractivity contribution in [3.8, 4) is 0 Å². The van der Waals surface area contributed by atoms with E-state index in [4.69, 9.17) is 18.9 Å². The van der Waals surface area contributed by atoms with Gasteiger partial charge in [0.15, 0.2) is 0 Å². The van der Waals surface area contributed by atoms with Crippen LogP contribution in [0.15, 0.2) is 11.8 Å². The van der Waals surface area contributed by atoms with E-state index >= 15 is 0 Å². The second-order valence-corrected chi connectivity index (χ2v) is 8.86. The van der Waals surface area contributed by atoms with Gasteiger partial charge in [-0.3, -0.25) is 4.79 Å². The molecule has 180 valence electrons. The van der Waals surface area contributed by atoms with Gasteiger partial charge in [0.2, 0.25) is 6.29 Å². The summed E-state index contributed by atoms with van der Waals surface area (Å²) >= 11 is 0. The summed E-state index contributed by atoms with van der Waals surface area (Å²) in [6.45, 7) is 4.67. The van der Waals surface area contributed by atoms with Crippen LogP contribution in [0.4, 0.5) is 4.79 Å². The lowest BCUT2D eigenvalue weighted by Gasteiger charge is -2.35. The normalized spacial score (nSPS) is 30.4. The number of carbonyl (C=O) groups excluding carboxylic acids is 3. The molecule has 9 heteroatoms. The fraction of sp³-hybridized carbons (Fsp3) is 0.783. The van der Waals surface area contributed by atoms with Gasteiger partial charge in [-0.2, -0.15) is 0 Å². The highest BCUT2D eigenvalue weighted by Crippen LogP contribution is 2.46. The van der Waals surface area contributed by atoms with E-state index in [-0.39, 0.29) is 30.8 Å². The third-order valence-electron chi connectivity index (χ3n) is 6.94. The van der Waals surface area contributed by atoms with Crippen molar-refractivity contribution < 1.29 is 38.4 Å². The summed E-state index contributed by atoms with van der Waals surface area (Å²) in [7, 11) is 1.29. The Morgan fingerprint density at radius 1 is 1.25 bits per heavy atom. The van der Waals surface area contributed by atoms with Crippen LogP contribution in [0.25, 0.3) is 0 Å². The van der Waals surface area contributed by atoms with Crippen LogP contribution < -0.4 is 0 Å². The summed E-state index contributed by atoms with van der Waals surface area (Å²) < 4.78 is 21.0. The van der Waals surface area contributed by atoms with Crippen LogP contribution in [0.2, 0.25) is 0 Å². The van der Waals surface area contributed by atoms with E-state index in [1.165, 1.54) is 13.4 Å². The number of amides is 1. The zero-order valence-electron chi connectivity index (χ0n) is 19.2. The Morgan fingerprint density at radius 3 is 2.75 bits per heavy atom. The summed E-state index contributed by atoms with van der Waals surface area (Å²) in [6.07, 6.45) is 4.80. The summed E-state index contributed by atoms with van der Waals surface area (Å²) in [6, 6.07) is -0.0260. The Bertz CT molecular complexity index is 723. The maximum Gasteiger partial charge on any atom is 0.410 e. The third kappa shape index (κ3) is 5.36. The second kappa shape index (κ2) is 11.0. The van der Waals surface area contributed by atoms with Crippen molar-refractivity contribution in [2.24, 2.45) is 17.8 Å². The lowest BCUT2D eigenvalue weighted by molar-refractivity contribution is -0.165. The van der Waals surface area contributed by atoms with Crippen LogP contribution in [0, 0.1) is 17.8 Å². The van der Waals surface area contributed by atoms with E-state index in [1.54, 1.807) is 4.90 Å². The smallest absolute Gasteiger partial charge is 0.410 e. The van der Waals surface area contributed by atoms with E-state index in [0.717, 1.165) is 25.7 Å². The molecular weight excluding hydrogens is 418 g/mol. The van der Waals surface area contributed by atoms with Gasteiger partial charge in [-0.25, -0.2) is 9.59 Å². The molecule has 0 aromatic carbocycles. The molecule has 3 aliphatic rings. The van der Waals surface area contributed by atoms with Gasteiger partial charge >= 0.3 is 18.0 Å². The number of hydrogen-bond donors (Lipinski definition) is 1. The van der Waals surface area contributed by atoms with Crippen LogP contribution in [-0.4, -0.2) is 66.7 Å². The number of esters is 2. The van der Waals surface area contributed by atoms with Crippen molar-refractivity contribution in [3.63, 3.8) is 0 Å². The number of aliphatic hydroxyl groups is 1. The Balaban J connectivity index is 1.53. The van der Waals surface area contributed by atoms with Gasteiger partial charge in [0.25, 0.3) is 0 Å². The van der Waals surface area contributed by atoms with Crippen molar-refractivity contribution in [2.45, 2.75) is 77.2 Å². The highest BCUT2D eigenvalue weighted by atomic mass is 16.6. The van der Waals surface area contributed by atoms with Gasteiger partial charge < -0.3 is 29.0 Å². The Hall–Kier alpha value is -2.29. The van der Waals surface area contributed by atoms with Crippen LogP contribution in [0.1, 0.15) is 58.8 Å². The molecule has 2 aliphatic heterocycles. The molecule has 6 unspecified atom stereocenters. The fourth-order valence-corrected chi connectivity index (χ4v) is 4.96. The molecule has 2 heterocycles. The molecule has 1 saturated heterocycles. The molecule has 1 aliphatic carbocycles. The first-order valence-corrected chi connectivity index (χ1v) is 11.6. The molecule has 3 rings (SSSR count). The number of hydrogen-bond acceptors (Lipinski definition) is 8. The summed E-state index contributed by atoms with van der Waals surface area (Å²) in [4.78, 5) is 39.1.